The molecule has 0 amide bonds. The molecule has 5 rings (SSSR count). The van der Waals surface area contributed by atoms with E-state index in [2.05, 4.69) is 22.8 Å². The molecule has 2 bridgehead atoms. The number of hydrogen-bond donors (Lipinski definition) is 4. The molecular weight excluding hydrogens is 322 g/mol. The predicted molar refractivity (Wildman–Crippen MR) is 106 cm³/mol. The third-order valence-corrected chi connectivity index (χ3v) is 6.95. The number of nitrogens with two attached hydrogens (primary N) is 1. The van der Waals surface area contributed by atoms with Gasteiger partial charge in [-0.05, 0) is 85.7 Å². The van der Waals surface area contributed by atoms with Crippen LogP contribution in [-0.2, 0) is 11.8 Å². The monoisotopic (exact) mass is 349 g/mol. The van der Waals surface area contributed by atoms with Crippen LogP contribution in [0.4, 0.5) is 17.1 Å². The molecule has 0 radical (unpaired) electrons. The summed E-state index contributed by atoms with van der Waals surface area (Å²) in [6.45, 7) is 1.10. The molecule has 2 fully saturated rings. The number of anilines is 3. The van der Waals surface area contributed by atoms with Crippen LogP contribution in [0.5, 0.6) is 5.75 Å². The maximum Gasteiger partial charge on any atom is 0.139 e. The summed E-state index contributed by atoms with van der Waals surface area (Å²) in [5.41, 5.74) is 11.3. The number of nitrogen functional groups attached to an aromatic ring is 1. The normalized spacial score (nSPS) is 29.5. The van der Waals surface area contributed by atoms with Crippen molar-refractivity contribution in [3.8, 4) is 5.75 Å². The first-order valence-corrected chi connectivity index (χ1v) is 9.88. The van der Waals surface area contributed by atoms with E-state index >= 15 is 0 Å². The highest BCUT2D eigenvalue weighted by Gasteiger charge is 2.51. The first-order chi connectivity index (χ1) is 12.7. The Labute approximate surface area is 154 Å². The summed E-state index contributed by atoms with van der Waals surface area (Å²) in [5, 5.41) is 17.9. The van der Waals surface area contributed by atoms with Gasteiger partial charge in [0.05, 0.1) is 5.69 Å². The number of phenols is 1. The maximum absolute atomic E-state index is 10.8. The van der Waals surface area contributed by atoms with Gasteiger partial charge in [0.1, 0.15) is 5.75 Å². The third kappa shape index (κ3) is 2.39. The van der Waals surface area contributed by atoms with Crippen LogP contribution in [-0.4, -0.2) is 17.7 Å². The van der Waals surface area contributed by atoms with E-state index in [0.717, 1.165) is 35.9 Å². The van der Waals surface area contributed by atoms with Gasteiger partial charge in [0.15, 0.2) is 0 Å². The Hall–Kier alpha value is -2.20. The summed E-state index contributed by atoms with van der Waals surface area (Å²) in [4.78, 5) is 0. The summed E-state index contributed by atoms with van der Waals surface area (Å²) < 4.78 is 0. The zero-order valence-corrected chi connectivity index (χ0v) is 15.1. The summed E-state index contributed by atoms with van der Waals surface area (Å²) in [7, 11) is 0. The van der Waals surface area contributed by atoms with Gasteiger partial charge in [-0.1, -0.05) is 12.8 Å². The van der Waals surface area contributed by atoms with Gasteiger partial charge in [0, 0.05) is 22.8 Å². The van der Waals surface area contributed by atoms with Gasteiger partial charge in [0.2, 0.25) is 0 Å². The molecule has 0 aromatic heterocycles. The number of hydrogen-bond acceptors (Lipinski definition) is 4. The Morgan fingerprint density at radius 1 is 1.12 bits per heavy atom. The first-order valence-electron chi connectivity index (χ1n) is 9.88. The van der Waals surface area contributed by atoms with Crippen LogP contribution in [0.2, 0.25) is 0 Å². The Morgan fingerprint density at radius 2 is 1.96 bits per heavy atom. The van der Waals surface area contributed by atoms with Gasteiger partial charge in [-0.2, -0.15) is 0 Å². The van der Waals surface area contributed by atoms with Gasteiger partial charge in [0.25, 0.3) is 0 Å². The largest absolute Gasteiger partial charge is 0.506 e. The van der Waals surface area contributed by atoms with Gasteiger partial charge < -0.3 is 21.5 Å². The van der Waals surface area contributed by atoms with Gasteiger partial charge in [-0.25, -0.2) is 0 Å². The van der Waals surface area contributed by atoms with Crippen molar-refractivity contribution in [1.29, 1.82) is 0 Å². The Morgan fingerprint density at radius 3 is 2.81 bits per heavy atom. The molecule has 2 aromatic carbocycles. The number of phenolic OH excluding ortho intramolecular Hbond substituents is 1. The van der Waals surface area contributed by atoms with E-state index in [4.69, 9.17) is 5.73 Å². The highest BCUT2D eigenvalue weighted by atomic mass is 16.3. The smallest absolute Gasteiger partial charge is 0.139 e. The van der Waals surface area contributed by atoms with Crippen LogP contribution in [0.1, 0.15) is 43.2 Å². The van der Waals surface area contributed by atoms with E-state index in [1.54, 1.807) is 0 Å². The molecule has 1 aliphatic heterocycles. The van der Waals surface area contributed by atoms with Crippen LogP contribution >= 0.6 is 0 Å². The number of nitrogens with one attached hydrogen (secondary N) is 2. The number of benzene rings is 2. The number of rotatable bonds is 2. The molecular formula is C22H27N3O. The molecule has 2 aromatic rings. The molecule has 136 valence electrons. The molecule has 1 saturated carbocycles. The fourth-order valence-electron chi connectivity index (χ4n) is 5.79. The third-order valence-electron chi connectivity index (χ3n) is 6.95. The van der Waals surface area contributed by atoms with Crippen molar-refractivity contribution in [3.05, 3.63) is 47.5 Å². The molecule has 26 heavy (non-hydrogen) atoms. The summed E-state index contributed by atoms with van der Waals surface area (Å²) in [5.74, 6) is 1.09. The zero-order valence-electron chi connectivity index (χ0n) is 15.1. The lowest BCUT2D eigenvalue weighted by Gasteiger charge is -2.56. The fourth-order valence-corrected chi connectivity index (χ4v) is 5.79. The summed E-state index contributed by atoms with van der Waals surface area (Å²) in [6.07, 6.45) is 7.53. The van der Waals surface area contributed by atoms with Crippen molar-refractivity contribution in [2.75, 3.05) is 17.6 Å². The fraction of sp³-hybridized carbons (Fsp3) is 0.455. The van der Waals surface area contributed by atoms with Crippen molar-refractivity contribution < 1.29 is 5.11 Å². The van der Waals surface area contributed by atoms with E-state index in [9.17, 15) is 5.11 Å². The van der Waals surface area contributed by atoms with Crippen LogP contribution in [0, 0.1) is 5.92 Å². The molecule has 0 spiro atoms. The van der Waals surface area contributed by atoms with E-state index in [-0.39, 0.29) is 5.41 Å². The molecule has 4 heteroatoms. The lowest BCUT2D eigenvalue weighted by Crippen LogP contribution is -2.59. The van der Waals surface area contributed by atoms with Crippen LogP contribution in [0.25, 0.3) is 0 Å². The Kier molecular flexibility index (Phi) is 3.64. The van der Waals surface area contributed by atoms with Crippen LogP contribution in [0.3, 0.4) is 0 Å². The van der Waals surface area contributed by atoms with Gasteiger partial charge in [-0.3, -0.25) is 0 Å². The molecule has 5 N–H and O–H groups in total. The molecule has 0 unspecified atom stereocenters. The van der Waals surface area contributed by atoms with Gasteiger partial charge >= 0.3 is 0 Å². The van der Waals surface area contributed by atoms with Crippen molar-refractivity contribution >= 4 is 17.1 Å². The highest BCUT2D eigenvalue weighted by Crippen LogP contribution is 2.55. The standard InChI is InChI=1S/C22H27N3O/c23-15-4-6-16(7-5-15)25-20-12-14-11-19-17-3-1-2-8-22(17,9-10-24-19)18(14)13-21(20)26/h4-7,12-13,17,19,24-26H,1-3,8-11,23H2/t17-,19+,22+/m0/s1. The van der Waals surface area contributed by atoms with Crippen molar-refractivity contribution in [2.24, 2.45) is 5.92 Å². The van der Waals surface area contributed by atoms with E-state index in [1.807, 2.05) is 24.3 Å². The first kappa shape index (κ1) is 16.0. The average molecular weight is 349 g/mol. The molecule has 3 aliphatic rings. The molecule has 3 atom stereocenters. The number of aromatic hydroxyl groups is 1. The average Bonchev–Trinajstić information content (AvgIpc) is 2.65. The van der Waals surface area contributed by atoms with E-state index in [0.29, 0.717) is 11.8 Å². The number of fused-ring (bicyclic) bond motifs is 1. The summed E-state index contributed by atoms with van der Waals surface area (Å²) in [6, 6.07) is 12.5. The second-order valence-electron chi connectivity index (χ2n) is 8.30. The van der Waals surface area contributed by atoms with Gasteiger partial charge in [-0.15, -0.1) is 0 Å². The Bertz CT molecular complexity index is 828. The minimum Gasteiger partial charge on any atom is -0.506 e. The SMILES string of the molecule is Nc1ccc(Nc2cc3c(cc2O)[C@@]24CCCC[C@H]2[C@@H](C3)NCC4)cc1. The zero-order chi connectivity index (χ0) is 17.7. The minimum atomic E-state index is 0.277. The minimum absolute atomic E-state index is 0.277. The van der Waals surface area contributed by atoms with Crippen LogP contribution < -0.4 is 16.4 Å². The quantitative estimate of drug-likeness (QED) is 0.487. The van der Waals surface area contributed by atoms with Crippen LogP contribution in [0.15, 0.2) is 36.4 Å². The molecule has 1 heterocycles. The molecule has 2 aliphatic carbocycles. The number of piperidine rings is 1. The van der Waals surface area contributed by atoms with Crippen molar-refractivity contribution in [2.45, 2.75) is 50.0 Å². The highest BCUT2D eigenvalue weighted by molar-refractivity contribution is 5.69. The molecule has 4 nitrogen and oxygen atoms in total. The van der Waals surface area contributed by atoms with E-state index < -0.39 is 0 Å². The second kappa shape index (κ2) is 5.92. The summed E-state index contributed by atoms with van der Waals surface area (Å²) >= 11 is 0. The molecule has 1 saturated heterocycles. The Balaban J connectivity index is 1.55. The van der Waals surface area contributed by atoms with E-state index in [1.165, 1.54) is 43.2 Å². The maximum atomic E-state index is 10.8. The topological polar surface area (TPSA) is 70.3 Å². The van der Waals surface area contributed by atoms with Crippen molar-refractivity contribution in [1.82, 2.24) is 5.32 Å². The lowest BCUT2D eigenvalue weighted by molar-refractivity contribution is 0.0796. The predicted octanol–water partition coefficient (Wildman–Crippen LogP) is 4.06. The second-order valence-corrected chi connectivity index (χ2v) is 8.30. The lowest BCUT2D eigenvalue weighted by atomic mass is 9.53. The van der Waals surface area contributed by atoms with Crippen molar-refractivity contribution in [3.63, 3.8) is 0 Å².